The number of esters is 1. The van der Waals surface area contributed by atoms with Crippen molar-refractivity contribution < 1.29 is 19.2 Å². The molecule has 4 rings (SSSR count). The molecule has 170 valence electrons. The number of carbonyl (C=O) groups excluding carboxylic acids is 2. The van der Waals surface area contributed by atoms with Crippen molar-refractivity contribution in [1.82, 2.24) is 0 Å². The van der Waals surface area contributed by atoms with Crippen molar-refractivity contribution in [2.24, 2.45) is 0 Å². The summed E-state index contributed by atoms with van der Waals surface area (Å²) < 4.78 is 4.94. The molecular weight excluding hydrogens is 442 g/mol. The summed E-state index contributed by atoms with van der Waals surface area (Å²) in [5, 5.41) is 16.6. The van der Waals surface area contributed by atoms with E-state index in [1.54, 1.807) is 17.5 Å². The van der Waals surface area contributed by atoms with Gasteiger partial charge in [0.1, 0.15) is 16.3 Å². The number of piperidine rings is 1. The topological polar surface area (TPSA) is 102 Å². The molecule has 1 aromatic heterocycles. The first-order valence-electron chi connectivity index (χ1n) is 10.6. The fourth-order valence-corrected chi connectivity index (χ4v) is 4.93. The maximum atomic E-state index is 13.0. The summed E-state index contributed by atoms with van der Waals surface area (Å²) in [4.78, 5) is 38.8. The number of anilines is 2. The van der Waals surface area contributed by atoms with Gasteiger partial charge in [0.25, 0.3) is 11.6 Å². The quantitative estimate of drug-likeness (QED) is 0.299. The molecule has 1 saturated heterocycles. The molecule has 1 amide bonds. The van der Waals surface area contributed by atoms with Crippen LogP contribution in [0, 0.1) is 10.1 Å². The Labute approximate surface area is 194 Å². The number of amides is 1. The monoisotopic (exact) mass is 465 g/mol. The number of nitrogens with one attached hydrogen (secondary N) is 1. The number of nitro groups is 1. The number of nitro benzene ring substituents is 1. The average Bonchev–Trinajstić information content (AvgIpc) is 3.27. The van der Waals surface area contributed by atoms with Gasteiger partial charge in [0, 0.05) is 35.7 Å². The Hall–Kier alpha value is -3.72. The van der Waals surface area contributed by atoms with Crippen LogP contribution in [0.1, 0.15) is 40.0 Å². The van der Waals surface area contributed by atoms with Crippen LogP contribution in [0.25, 0.3) is 11.1 Å². The molecule has 1 fully saturated rings. The zero-order valence-corrected chi connectivity index (χ0v) is 18.9. The molecule has 3 aromatic rings. The van der Waals surface area contributed by atoms with Gasteiger partial charge in [-0.25, -0.2) is 4.79 Å². The van der Waals surface area contributed by atoms with Gasteiger partial charge in [0.05, 0.1) is 12.0 Å². The minimum atomic E-state index is -0.572. The Morgan fingerprint density at radius 2 is 1.82 bits per heavy atom. The Morgan fingerprint density at radius 3 is 2.48 bits per heavy atom. The molecule has 9 heteroatoms. The Balaban J connectivity index is 1.64. The van der Waals surface area contributed by atoms with Gasteiger partial charge in [-0.3, -0.25) is 14.9 Å². The van der Waals surface area contributed by atoms with Crippen molar-refractivity contribution in [2.75, 3.05) is 30.4 Å². The van der Waals surface area contributed by atoms with Crippen molar-refractivity contribution in [3.8, 4) is 11.1 Å². The summed E-state index contributed by atoms with van der Waals surface area (Å²) in [7, 11) is 1.28. The number of nitrogens with zero attached hydrogens (tertiary/aromatic N) is 2. The van der Waals surface area contributed by atoms with Crippen LogP contribution < -0.4 is 10.2 Å². The zero-order chi connectivity index (χ0) is 23.4. The van der Waals surface area contributed by atoms with E-state index in [9.17, 15) is 19.7 Å². The lowest BCUT2D eigenvalue weighted by molar-refractivity contribution is -0.384. The summed E-state index contributed by atoms with van der Waals surface area (Å²) in [6.07, 6.45) is 3.08. The second-order valence-corrected chi connectivity index (χ2v) is 8.55. The third-order valence-corrected chi connectivity index (χ3v) is 6.52. The van der Waals surface area contributed by atoms with Crippen LogP contribution in [0.4, 0.5) is 16.4 Å². The van der Waals surface area contributed by atoms with E-state index in [0.29, 0.717) is 16.3 Å². The van der Waals surface area contributed by atoms with Crippen molar-refractivity contribution >= 4 is 39.6 Å². The number of carbonyl (C=O) groups is 2. The molecule has 1 aliphatic heterocycles. The predicted molar refractivity (Wildman–Crippen MR) is 128 cm³/mol. The van der Waals surface area contributed by atoms with Crippen LogP contribution >= 0.6 is 11.3 Å². The van der Waals surface area contributed by atoms with Crippen LogP contribution in [0.15, 0.2) is 53.9 Å². The van der Waals surface area contributed by atoms with Crippen LogP contribution in [0.2, 0.25) is 0 Å². The molecule has 0 bridgehead atoms. The van der Waals surface area contributed by atoms with E-state index < -0.39 is 16.8 Å². The lowest BCUT2D eigenvalue weighted by Gasteiger charge is -2.28. The highest BCUT2D eigenvalue weighted by atomic mass is 32.1. The van der Waals surface area contributed by atoms with Crippen molar-refractivity contribution in [1.29, 1.82) is 0 Å². The molecule has 0 unspecified atom stereocenters. The minimum absolute atomic E-state index is 0.103. The SMILES string of the molecule is COC(=O)c1c(-c2ccccc2)csc1NC(=O)c1ccc(N2CCCCC2)c([N+](=O)[O-])c1. The maximum Gasteiger partial charge on any atom is 0.341 e. The first kappa shape index (κ1) is 22.5. The highest BCUT2D eigenvalue weighted by Crippen LogP contribution is 2.37. The normalized spacial score (nSPS) is 13.4. The van der Waals surface area contributed by atoms with Gasteiger partial charge in [-0.2, -0.15) is 0 Å². The third-order valence-electron chi connectivity index (χ3n) is 5.62. The van der Waals surface area contributed by atoms with Gasteiger partial charge in [0.2, 0.25) is 0 Å². The first-order valence-corrected chi connectivity index (χ1v) is 11.5. The number of benzene rings is 2. The van der Waals surface area contributed by atoms with Gasteiger partial charge in [-0.05, 0) is 37.0 Å². The standard InChI is InChI=1S/C24H23N3O5S/c1-32-24(29)21-18(16-8-4-2-5-9-16)15-33-23(21)25-22(28)17-10-11-19(20(14-17)27(30)31)26-12-6-3-7-13-26/h2,4-5,8-11,14-15H,3,6-7,12-13H2,1H3,(H,25,28). The van der Waals surface area contributed by atoms with E-state index in [4.69, 9.17) is 4.74 Å². The van der Waals surface area contributed by atoms with Gasteiger partial charge < -0.3 is 15.0 Å². The van der Waals surface area contributed by atoms with E-state index in [0.717, 1.165) is 37.9 Å². The number of hydrogen-bond acceptors (Lipinski definition) is 7. The second-order valence-electron chi connectivity index (χ2n) is 7.67. The van der Waals surface area contributed by atoms with Gasteiger partial charge in [0.15, 0.2) is 0 Å². The summed E-state index contributed by atoms with van der Waals surface area (Å²) in [5.41, 5.74) is 2.28. The van der Waals surface area contributed by atoms with Crippen molar-refractivity contribution in [3.05, 3.63) is 75.2 Å². The highest BCUT2D eigenvalue weighted by Gasteiger charge is 2.25. The third kappa shape index (κ3) is 4.73. The van der Waals surface area contributed by atoms with E-state index in [-0.39, 0.29) is 16.8 Å². The average molecular weight is 466 g/mol. The molecule has 0 atom stereocenters. The largest absolute Gasteiger partial charge is 0.465 e. The van der Waals surface area contributed by atoms with E-state index >= 15 is 0 Å². The molecule has 33 heavy (non-hydrogen) atoms. The Morgan fingerprint density at radius 1 is 1.09 bits per heavy atom. The lowest BCUT2D eigenvalue weighted by Crippen LogP contribution is -2.30. The van der Waals surface area contributed by atoms with E-state index in [1.807, 2.05) is 35.2 Å². The van der Waals surface area contributed by atoms with Crippen LogP contribution in [0.5, 0.6) is 0 Å². The van der Waals surface area contributed by atoms with Gasteiger partial charge in [-0.1, -0.05) is 30.3 Å². The maximum absolute atomic E-state index is 13.0. The van der Waals surface area contributed by atoms with Crippen LogP contribution in [-0.2, 0) is 4.74 Å². The smallest absolute Gasteiger partial charge is 0.341 e. The second kappa shape index (κ2) is 9.83. The molecule has 1 aliphatic rings. The van der Waals surface area contributed by atoms with E-state index in [2.05, 4.69) is 5.32 Å². The predicted octanol–water partition coefficient (Wildman–Crippen LogP) is 5.35. The summed E-state index contributed by atoms with van der Waals surface area (Å²) in [6, 6.07) is 13.8. The summed E-state index contributed by atoms with van der Waals surface area (Å²) in [6.45, 7) is 1.51. The molecule has 2 aromatic carbocycles. The van der Waals surface area contributed by atoms with Crippen molar-refractivity contribution in [2.45, 2.75) is 19.3 Å². The van der Waals surface area contributed by atoms with Crippen LogP contribution in [0.3, 0.4) is 0 Å². The lowest BCUT2D eigenvalue weighted by atomic mass is 10.0. The molecule has 0 saturated carbocycles. The fraction of sp³-hybridized carbons (Fsp3) is 0.250. The molecular formula is C24H23N3O5S. The Bertz CT molecular complexity index is 1190. The molecule has 0 radical (unpaired) electrons. The number of methoxy groups -OCH3 is 1. The molecule has 2 heterocycles. The molecule has 1 N–H and O–H groups in total. The number of rotatable bonds is 6. The minimum Gasteiger partial charge on any atom is -0.465 e. The summed E-state index contributed by atoms with van der Waals surface area (Å²) >= 11 is 1.20. The van der Waals surface area contributed by atoms with Crippen molar-refractivity contribution in [3.63, 3.8) is 0 Å². The zero-order valence-electron chi connectivity index (χ0n) is 18.1. The summed E-state index contributed by atoms with van der Waals surface area (Å²) in [5.74, 6) is -1.10. The Kier molecular flexibility index (Phi) is 6.69. The van der Waals surface area contributed by atoms with E-state index in [1.165, 1.54) is 24.5 Å². The van der Waals surface area contributed by atoms with Gasteiger partial charge in [-0.15, -0.1) is 11.3 Å². The van der Waals surface area contributed by atoms with Crippen LogP contribution in [-0.4, -0.2) is 37.0 Å². The highest BCUT2D eigenvalue weighted by molar-refractivity contribution is 7.15. The van der Waals surface area contributed by atoms with Gasteiger partial charge >= 0.3 is 5.97 Å². The number of ether oxygens (including phenoxy) is 1. The fourth-order valence-electron chi connectivity index (χ4n) is 3.97. The molecule has 0 aliphatic carbocycles. The number of thiophene rings is 1. The molecule has 8 nitrogen and oxygen atoms in total. The number of hydrogen-bond donors (Lipinski definition) is 1. The molecule has 0 spiro atoms. The first-order chi connectivity index (χ1) is 16.0.